The zero-order valence-electron chi connectivity index (χ0n) is 16.4. The normalized spacial score (nSPS) is 15.4. The van der Waals surface area contributed by atoms with Crippen LogP contribution in [-0.2, 0) is 19.5 Å². The Hall–Kier alpha value is -2.82. The molecule has 4 nitrogen and oxygen atoms in total. The van der Waals surface area contributed by atoms with E-state index in [1.165, 1.54) is 16.7 Å². The summed E-state index contributed by atoms with van der Waals surface area (Å²) >= 11 is 6.04. The van der Waals surface area contributed by atoms with Crippen LogP contribution in [0, 0.1) is 0 Å². The summed E-state index contributed by atoms with van der Waals surface area (Å²) in [5, 5.41) is 3.42. The lowest BCUT2D eigenvalue weighted by Crippen LogP contribution is -3.10. The first-order valence-corrected chi connectivity index (χ1v) is 10.1. The smallest absolute Gasteiger partial charge is 0.255 e. The molecule has 0 aliphatic carbocycles. The first kappa shape index (κ1) is 19.5. The van der Waals surface area contributed by atoms with E-state index in [0.717, 1.165) is 26.1 Å². The van der Waals surface area contributed by atoms with E-state index < -0.39 is 0 Å². The third-order valence-electron chi connectivity index (χ3n) is 5.39. The maximum absolute atomic E-state index is 12.6. The Morgan fingerprint density at radius 2 is 1.83 bits per heavy atom. The molecule has 1 heterocycles. The van der Waals surface area contributed by atoms with Gasteiger partial charge in [-0.05, 0) is 35.9 Å². The number of benzene rings is 3. The summed E-state index contributed by atoms with van der Waals surface area (Å²) in [4.78, 5) is 14.2. The Labute approximate surface area is 176 Å². The summed E-state index contributed by atoms with van der Waals surface area (Å²) in [5.41, 5.74) is 5.32. The third kappa shape index (κ3) is 4.61. The van der Waals surface area contributed by atoms with Gasteiger partial charge in [-0.1, -0.05) is 48.0 Å². The molecule has 1 aliphatic heterocycles. The number of hydrogen-bond acceptors (Lipinski definition) is 2. The number of carbonyl (C=O) groups excluding carboxylic acids is 1. The van der Waals surface area contributed by atoms with Gasteiger partial charge in [-0.2, -0.15) is 0 Å². The van der Waals surface area contributed by atoms with Crippen LogP contribution in [0.2, 0.25) is 5.02 Å². The molecule has 5 heteroatoms. The molecule has 0 saturated heterocycles. The largest absolute Gasteiger partial charge is 0.495 e. The fourth-order valence-corrected chi connectivity index (χ4v) is 4.00. The minimum atomic E-state index is -0.184. The van der Waals surface area contributed by atoms with Crippen LogP contribution in [0.5, 0.6) is 5.75 Å². The Kier molecular flexibility index (Phi) is 5.84. The van der Waals surface area contributed by atoms with Crippen LogP contribution in [-0.4, -0.2) is 19.6 Å². The van der Waals surface area contributed by atoms with E-state index in [1.807, 2.05) is 24.3 Å². The summed E-state index contributed by atoms with van der Waals surface area (Å²) in [5.74, 6) is 0.393. The molecule has 1 atom stereocenters. The van der Waals surface area contributed by atoms with Crippen molar-refractivity contribution in [3.05, 3.63) is 94.0 Å². The van der Waals surface area contributed by atoms with Crippen LogP contribution in [0.3, 0.4) is 0 Å². The van der Waals surface area contributed by atoms with Gasteiger partial charge in [0.25, 0.3) is 5.91 Å². The van der Waals surface area contributed by atoms with Crippen LogP contribution in [0.15, 0.2) is 66.7 Å². The molecule has 0 aromatic heterocycles. The molecule has 1 amide bonds. The second kappa shape index (κ2) is 8.68. The predicted molar refractivity (Wildman–Crippen MR) is 116 cm³/mol. The van der Waals surface area contributed by atoms with E-state index in [4.69, 9.17) is 16.3 Å². The van der Waals surface area contributed by atoms with Gasteiger partial charge in [0.05, 0.1) is 19.3 Å². The zero-order chi connectivity index (χ0) is 20.2. The van der Waals surface area contributed by atoms with Crippen molar-refractivity contribution in [3.8, 4) is 5.75 Å². The summed E-state index contributed by atoms with van der Waals surface area (Å²) in [6.45, 7) is 3.14. The highest BCUT2D eigenvalue weighted by molar-refractivity contribution is 6.31. The third-order valence-corrected chi connectivity index (χ3v) is 5.62. The average molecular weight is 408 g/mol. The molecular weight excluding hydrogens is 384 g/mol. The van der Waals surface area contributed by atoms with Crippen molar-refractivity contribution in [1.29, 1.82) is 0 Å². The Morgan fingerprint density at radius 3 is 2.59 bits per heavy atom. The van der Waals surface area contributed by atoms with E-state index in [2.05, 4.69) is 29.6 Å². The van der Waals surface area contributed by atoms with Crippen molar-refractivity contribution < 1.29 is 14.4 Å². The van der Waals surface area contributed by atoms with Crippen molar-refractivity contribution in [2.24, 2.45) is 0 Å². The highest BCUT2D eigenvalue weighted by atomic mass is 35.5. The Balaban J connectivity index is 1.40. The molecule has 1 aliphatic rings. The molecule has 0 radical (unpaired) electrons. The van der Waals surface area contributed by atoms with Crippen LogP contribution in [0.1, 0.15) is 27.0 Å². The molecular formula is C24H24ClN2O2+. The van der Waals surface area contributed by atoms with Crippen molar-refractivity contribution in [2.45, 2.75) is 19.5 Å². The lowest BCUT2D eigenvalue weighted by molar-refractivity contribution is -0.929. The molecule has 1 unspecified atom stereocenters. The molecule has 3 aromatic rings. The first-order chi connectivity index (χ1) is 14.1. The van der Waals surface area contributed by atoms with Gasteiger partial charge in [-0.3, -0.25) is 4.79 Å². The number of rotatable bonds is 5. The summed E-state index contributed by atoms with van der Waals surface area (Å²) < 4.78 is 5.29. The van der Waals surface area contributed by atoms with E-state index in [-0.39, 0.29) is 5.91 Å². The quantitative estimate of drug-likeness (QED) is 0.676. The number of hydrogen-bond donors (Lipinski definition) is 2. The van der Waals surface area contributed by atoms with Crippen molar-refractivity contribution in [2.75, 3.05) is 19.0 Å². The van der Waals surface area contributed by atoms with Crippen molar-refractivity contribution in [3.63, 3.8) is 0 Å². The molecule has 0 fully saturated rings. The number of quaternary nitrogens is 1. The number of methoxy groups -OCH3 is 1. The maximum Gasteiger partial charge on any atom is 0.255 e. The number of ether oxygens (including phenoxy) is 1. The lowest BCUT2D eigenvalue weighted by Gasteiger charge is -2.26. The number of fused-ring (bicyclic) bond motifs is 1. The van der Waals surface area contributed by atoms with Crippen LogP contribution in [0.4, 0.5) is 5.69 Å². The molecule has 4 rings (SSSR count). The van der Waals surface area contributed by atoms with E-state index in [9.17, 15) is 4.79 Å². The van der Waals surface area contributed by atoms with E-state index in [0.29, 0.717) is 22.0 Å². The highest BCUT2D eigenvalue weighted by Gasteiger charge is 2.19. The van der Waals surface area contributed by atoms with Gasteiger partial charge < -0.3 is 15.0 Å². The summed E-state index contributed by atoms with van der Waals surface area (Å²) in [6.07, 6.45) is 1.12. The van der Waals surface area contributed by atoms with Crippen molar-refractivity contribution >= 4 is 23.2 Å². The lowest BCUT2D eigenvalue weighted by atomic mass is 9.99. The molecule has 2 N–H and O–H groups in total. The Morgan fingerprint density at radius 1 is 1.07 bits per heavy atom. The average Bonchev–Trinajstić information content (AvgIpc) is 2.74. The van der Waals surface area contributed by atoms with Gasteiger partial charge in [0.2, 0.25) is 0 Å². The molecule has 29 heavy (non-hydrogen) atoms. The number of anilines is 1. The number of amides is 1. The van der Waals surface area contributed by atoms with Crippen LogP contribution in [0.25, 0.3) is 0 Å². The second-order valence-corrected chi connectivity index (χ2v) is 7.80. The second-order valence-electron chi connectivity index (χ2n) is 7.37. The molecule has 0 spiro atoms. The van der Waals surface area contributed by atoms with Gasteiger partial charge in [0.15, 0.2) is 0 Å². The summed E-state index contributed by atoms with van der Waals surface area (Å²) in [7, 11) is 1.56. The zero-order valence-corrected chi connectivity index (χ0v) is 17.1. The molecule has 148 valence electrons. The number of nitrogens with one attached hydrogen (secondary N) is 2. The number of carbonyl (C=O) groups is 1. The standard InChI is InChI=1S/C24H23ClN2O2/c1-29-23-11-10-21(25)14-22(23)26-24(28)19-8-6-17(7-9-19)15-27-13-12-18-4-2-3-5-20(18)16-27/h2-11,14H,12-13,15-16H2,1H3,(H,26,28)/p+1. The van der Waals surface area contributed by atoms with Crippen LogP contribution < -0.4 is 15.0 Å². The summed E-state index contributed by atoms with van der Waals surface area (Å²) in [6, 6.07) is 21.7. The molecule has 0 saturated carbocycles. The molecule has 0 bridgehead atoms. The van der Waals surface area contributed by atoms with Gasteiger partial charge in [0, 0.05) is 28.1 Å². The highest BCUT2D eigenvalue weighted by Crippen LogP contribution is 2.28. The minimum absolute atomic E-state index is 0.184. The number of halogens is 1. The molecule has 3 aromatic carbocycles. The fourth-order valence-electron chi connectivity index (χ4n) is 3.83. The van der Waals surface area contributed by atoms with Gasteiger partial charge >= 0.3 is 0 Å². The first-order valence-electron chi connectivity index (χ1n) is 9.76. The van der Waals surface area contributed by atoms with Gasteiger partial charge in [-0.25, -0.2) is 0 Å². The Bertz CT molecular complexity index is 1020. The maximum atomic E-state index is 12.6. The van der Waals surface area contributed by atoms with Crippen molar-refractivity contribution in [1.82, 2.24) is 0 Å². The van der Waals surface area contributed by atoms with Gasteiger partial charge in [0.1, 0.15) is 18.8 Å². The van der Waals surface area contributed by atoms with E-state index >= 15 is 0 Å². The van der Waals surface area contributed by atoms with Crippen LogP contribution >= 0.6 is 11.6 Å². The van der Waals surface area contributed by atoms with E-state index in [1.54, 1.807) is 30.2 Å². The minimum Gasteiger partial charge on any atom is -0.495 e. The monoisotopic (exact) mass is 407 g/mol. The SMILES string of the molecule is COc1ccc(Cl)cc1NC(=O)c1ccc(C[NH+]2CCc3ccccc3C2)cc1. The van der Waals surface area contributed by atoms with Gasteiger partial charge in [-0.15, -0.1) is 0 Å². The predicted octanol–water partition coefficient (Wildman–Crippen LogP) is 3.74. The fraction of sp³-hybridized carbons (Fsp3) is 0.208. The topological polar surface area (TPSA) is 42.8 Å².